The SMILES string of the molecule is Cc1ccc(C)c(NC(=O)c2cc3cnn(C(C)C)c3nc2C)c1. The predicted molar refractivity (Wildman–Crippen MR) is 96.5 cm³/mol. The minimum absolute atomic E-state index is 0.145. The molecule has 0 radical (unpaired) electrons. The molecule has 0 atom stereocenters. The fraction of sp³-hybridized carbons (Fsp3) is 0.316. The highest BCUT2D eigenvalue weighted by Gasteiger charge is 2.16. The van der Waals surface area contributed by atoms with Gasteiger partial charge in [0.05, 0.1) is 17.5 Å². The summed E-state index contributed by atoms with van der Waals surface area (Å²) in [6.45, 7) is 9.97. The van der Waals surface area contributed by atoms with Crippen LogP contribution in [0.5, 0.6) is 0 Å². The molecule has 24 heavy (non-hydrogen) atoms. The van der Waals surface area contributed by atoms with E-state index in [0.29, 0.717) is 11.3 Å². The number of carbonyl (C=O) groups is 1. The van der Waals surface area contributed by atoms with E-state index in [4.69, 9.17) is 0 Å². The van der Waals surface area contributed by atoms with Gasteiger partial charge in [-0.15, -0.1) is 0 Å². The fourth-order valence-corrected chi connectivity index (χ4v) is 2.73. The molecule has 0 fully saturated rings. The molecular weight excluding hydrogens is 300 g/mol. The highest BCUT2D eigenvalue weighted by molar-refractivity contribution is 6.07. The van der Waals surface area contributed by atoms with Crippen LogP contribution in [0.15, 0.2) is 30.5 Å². The minimum atomic E-state index is -0.145. The number of hydrogen-bond donors (Lipinski definition) is 1. The van der Waals surface area contributed by atoms with Crippen LogP contribution in [0.3, 0.4) is 0 Å². The van der Waals surface area contributed by atoms with Crippen LogP contribution in [-0.4, -0.2) is 20.7 Å². The number of carbonyl (C=O) groups excluding carboxylic acids is 1. The zero-order valence-electron chi connectivity index (χ0n) is 14.7. The Labute approximate surface area is 141 Å². The summed E-state index contributed by atoms with van der Waals surface area (Å²) in [6.07, 6.45) is 1.76. The van der Waals surface area contributed by atoms with Gasteiger partial charge in [0.2, 0.25) is 0 Å². The molecule has 5 heteroatoms. The lowest BCUT2D eigenvalue weighted by atomic mass is 10.1. The summed E-state index contributed by atoms with van der Waals surface area (Å²) in [6, 6.07) is 8.11. The molecule has 3 aromatic rings. The second kappa shape index (κ2) is 6.07. The van der Waals surface area contributed by atoms with E-state index in [1.54, 1.807) is 6.20 Å². The van der Waals surface area contributed by atoms with Gasteiger partial charge in [-0.25, -0.2) is 9.67 Å². The molecule has 2 heterocycles. The van der Waals surface area contributed by atoms with Gasteiger partial charge in [-0.3, -0.25) is 4.79 Å². The molecule has 5 nitrogen and oxygen atoms in total. The number of nitrogens with zero attached hydrogens (tertiary/aromatic N) is 3. The zero-order valence-corrected chi connectivity index (χ0v) is 14.7. The number of fused-ring (bicyclic) bond motifs is 1. The Hall–Kier alpha value is -2.69. The number of aromatic nitrogens is 3. The van der Waals surface area contributed by atoms with Crippen LogP contribution in [0.1, 0.15) is 47.1 Å². The highest BCUT2D eigenvalue weighted by atomic mass is 16.1. The topological polar surface area (TPSA) is 59.8 Å². The summed E-state index contributed by atoms with van der Waals surface area (Å²) in [5.41, 5.74) is 5.07. The third kappa shape index (κ3) is 2.89. The zero-order chi connectivity index (χ0) is 17.4. The van der Waals surface area contributed by atoms with Crippen molar-refractivity contribution in [2.45, 2.75) is 40.7 Å². The fourth-order valence-electron chi connectivity index (χ4n) is 2.73. The molecule has 0 aliphatic rings. The third-order valence-electron chi connectivity index (χ3n) is 4.13. The van der Waals surface area contributed by atoms with Crippen molar-refractivity contribution in [1.82, 2.24) is 14.8 Å². The van der Waals surface area contributed by atoms with Crippen molar-refractivity contribution in [3.05, 3.63) is 52.8 Å². The predicted octanol–water partition coefficient (Wildman–Crippen LogP) is 4.19. The van der Waals surface area contributed by atoms with Crippen LogP contribution in [0.4, 0.5) is 5.69 Å². The van der Waals surface area contributed by atoms with Crippen molar-refractivity contribution in [2.75, 3.05) is 5.32 Å². The molecule has 0 saturated carbocycles. The normalized spacial score (nSPS) is 11.2. The van der Waals surface area contributed by atoms with Crippen molar-refractivity contribution in [3.63, 3.8) is 0 Å². The molecule has 2 aromatic heterocycles. The molecule has 1 aromatic carbocycles. The minimum Gasteiger partial charge on any atom is -0.322 e. The van der Waals surface area contributed by atoms with Crippen molar-refractivity contribution < 1.29 is 4.79 Å². The first-order valence-corrected chi connectivity index (χ1v) is 8.10. The molecular formula is C19H22N4O. The van der Waals surface area contributed by atoms with Gasteiger partial charge in [0.15, 0.2) is 5.65 Å². The van der Waals surface area contributed by atoms with Gasteiger partial charge in [0.1, 0.15) is 0 Å². The van der Waals surface area contributed by atoms with Crippen LogP contribution >= 0.6 is 0 Å². The molecule has 3 rings (SSSR count). The van der Waals surface area contributed by atoms with Gasteiger partial charge in [0, 0.05) is 17.1 Å². The molecule has 1 amide bonds. The van der Waals surface area contributed by atoms with Gasteiger partial charge in [-0.2, -0.15) is 5.10 Å². The second-order valence-corrected chi connectivity index (χ2v) is 6.49. The maximum atomic E-state index is 12.7. The molecule has 0 spiro atoms. The smallest absolute Gasteiger partial charge is 0.257 e. The summed E-state index contributed by atoms with van der Waals surface area (Å²) >= 11 is 0. The molecule has 0 saturated heterocycles. The number of pyridine rings is 1. The summed E-state index contributed by atoms with van der Waals surface area (Å²) in [5, 5.41) is 8.24. The highest BCUT2D eigenvalue weighted by Crippen LogP contribution is 2.22. The van der Waals surface area contributed by atoms with Crippen LogP contribution in [0.25, 0.3) is 11.0 Å². The maximum absolute atomic E-state index is 12.7. The molecule has 0 bridgehead atoms. The first kappa shape index (κ1) is 16.2. The Balaban J connectivity index is 1.98. The van der Waals surface area contributed by atoms with E-state index < -0.39 is 0 Å². The lowest BCUT2D eigenvalue weighted by Gasteiger charge is -2.12. The van der Waals surface area contributed by atoms with Crippen molar-refractivity contribution >= 4 is 22.6 Å². The molecule has 1 N–H and O–H groups in total. The van der Waals surface area contributed by atoms with Gasteiger partial charge in [0.25, 0.3) is 5.91 Å². The molecule has 0 unspecified atom stereocenters. The number of benzene rings is 1. The molecule has 0 aliphatic carbocycles. The Bertz CT molecular complexity index is 925. The van der Waals surface area contributed by atoms with Crippen LogP contribution in [0.2, 0.25) is 0 Å². The summed E-state index contributed by atoms with van der Waals surface area (Å²) in [4.78, 5) is 17.3. The van der Waals surface area contributed by atoms with E-state index in [-0.39, 0.29) is 11.9 Å². The maximum Gasteiger partial charge on any atom is 0.257 e. The van der Waals surface area contributed by atoms with E-state index in [2.05, 4.69) is 29.2 Å². The second-order valence-electron chi connectivity index (χ2n) is 6.49. The first-order valence-electron chi connectivity index (χ1n) is 8.10. The van der Waals surface area contributed by atoms with E-state index >= 15 is 0 Å². The Morgan fingerprint density at radius 1 is 1.17 bits per heavy atom. The number of amides is 1. The van der Waals surface area contributed by atoms with E-state index in [9.17, 15) is 4.79 Å². The number of rotatable bonds is 3. The molecule has 124 valence electrons. The molecule has 0 aliphatic heterocycles. The van der Waals surface area contributed by atoms with Crippen molar-refractivity contribution in [1.29, 1.82) is 0 Å². The standard InChI is InChI=1S/C19H22N4O/c1-11(2)23-18-15(10-20-23)9-16(14(5)21-18)19(24)22-17-8-12(3)6-7-13(17)4/h6-11H,1-5H3,(H,22,24). The van der Waals surface area contributed by atoms with Crippen molar-refractivity contribution in [3.8, 4) is 0 Å². The number of aryl methyl sites for hydroxylation is 3. The summed E-state index contributed by atoms with van der Waals surface area (Å²) in [5.74, 6) is -0.145. The number of nitrogens with one attached hydrogen (secondary N) is 1. The van der Waals surface area contributed by atoms with Gasteiger partial charge in [-0.1, -0.05) is 12.1 Å². The monoisotopic (exact) mass is 322 g/mol. The Kier molecular flexibility index (Phi) is 4.09. The quantitative estimate of drug-likeness (QED) is 0.786. The van der Waals surface area contributed by atoms with E-state index in [1.165, 1.54) is 0 Å². The van der Waals surface area contributed by atoms with Gasteiger partial charge < -0.3 is 5.32 Å². The average molecular weight is 322 g/mol. The largest absolute Gasteiger partial charge is 0.322 e. The lowest BCUT2D eigenvalue weighted by molar-refractivity contribution is 0.102. The lowest BCUT2D eigenvalue weighted by Crippen LogP contribution is -2.15. The summed E-state index contributed by atoms with van der Waals surface area (Å²) < 4.78 is 1.87. The van der Waals surface area contributed by atoms with Crippen LogP contribution in [0, 0.1) is 20.8 Å². The first-order chi connectivity index (χ1) is 11.4. The summed E-state index contributed by atoms with van der Waals surface area (Å²) in [7, 11) is 0. The average Bonchev–Trinajstić information content (AvgIpc) is 2.92. The Morgan fingerprint density at radius 3 is 2.62 bits per heavy atom. The van der Waals surface area contributed by atoms with Crippen LogP contribution < -0.4 is 5.32 Å². The third-order valence-corrected chi connectivity index (χ3v) is 4.13. The van der Waals surface area contributed by atoms with E-state index in [1.807, 2.05) is 49.7 Å². The van der Waals surface area contributed by atoms with Crippen molar-refractivity contribution in [2.24, 2.45) is 0 Å². The number of hydrogen-bond acceptors (Lipinski definition) is 3. The Morgan fingerprint density at radius 2 is 1.92 bits per heavy atom. The van der Waals surface area contributed by atoms with Gasteiger partial charge in [-0.05, 0) is 57.9 Å². The number of anilines is 1. The van der Waals surface area contributed by atoms with Gasteiger partial charge >= 0.3 is 0 Å². The van der Waals surface area contributed by atoms with E-state index in [0.717, 1.165) is 27.8 Å². The van der Waals surface area contributed by atoms with Crippen LogP contribution in [-0.2, 0) is 0 Å².